The summed E-state index contributed by atoms with van der Waals surface area (Å²) in [6.07, 6.45) is 4.68. The van der Waals surface area contributed by atoms with E-state index in [1.165, 1.54) is 11.1 Å². The van der Waals surface area contributed by atoms with E-state index in [4.69, 9.17) is 11.1 Å². The van der Waals surface area contributed by atoms with Crippen LogP contribution in [0.25, 0.3) is 0 Å². The van der Waals surface area contributed by atoms with Crippen molar-refractivity contribution in [3.05, 3.63) is 102 Å². The number of nitrogen functional groups attached to an aromatic ring is 1. The molecule has 2 amide bonds. The molecule has 2 fully saturated rings. The van der Waals surface area contributed by atoms with Crippen LogP contribution in [0.4, 0.5) is 5.69 Å². The molecule has 1 saturated carbocycles. The van der Waals surface area contributed by atoms with Gasteiger partial charge in [0.25, 0.3) is 0 Å². The van der Waals surface area contributed by atoms with Crippen LogP contribution in [0.2, 0.25) is 0 Å². The first-order chi connectivity index (χ1) is 19.4. The van der Waals surface area contributed by atoms with Gasteiger partial charge in [0.1, 0.15) is 5.84 Å². The van der Waals surface area contributed by atoms with Crippen molar-refractivity contribution in [1.82, 2.24) is 9.80 Å². The van der Waals surface area contributed by atoms with Gasteiger partial charge in [-0.15, -0.1) is 0 Å². The van der Waals surface area contributed by atoms with Gasteiger partial charge in [-0.3, -0.25) is 19.9 Å². The topological polar surface area (TPSA) is 103 Å². The lowest BCUT2D eigenvalue weighted by molar-refractivity contribution is -0.136. The van der Waals surface area contributed by atoms with Crippen LogP contribution in [0.1, 0.15) is 61.3 Å². The van der Waals surface area contributed by atoms with Gasteiger partial charge >= 0.3 is 0 Å². The van der Waals surface area contributed by atoms with E-state index in [1.807, 2.05) is 17.0 Å². The Morgan fingerprint density at radius 3 is 1.88 bits per heavy atom. The minimum Gasteiger partial charge on any atom is -0.384 e. The molecule has 3 aromatic carbocycles. The van der Waals surface area contributed by atoms with Crippen molar-refractivity contribution in [3.8, 4) is 0 Å². The number of hydrogen-bond donors (Lipinski definition) is 3. The van der Waals surface area contributed by atoms with Crippen LogP contribution in [0.15, 0.2) is 84.9 Å². The van der Waals surface area contributed by atoms with E-state index in [0.29, 0.717) is 37.2 Å². The molecule has 40 heavy (non-hydrogen) atoms. The summed E-state index contributed by atoms with van der Waals surface area (Å²) >= 11 is 0. The third kappa shape index (κ3) is 6.59. The molecule has 1 saturated heterocycles. The van der Waals surface area contributed by atoms with E-state index in [1.54, 1.807) is 24.3 Å². The lowest BCUT2D eigenvalue weighted by Gasteiger charge is -2.41. The van der Waals surface area contributed by atoms with Crippen molar-refractivity contribution in [2.75, 3.05) is 31.5 Å². The van der Waals surface area contributed by atoms with Crippen LogP contribution in [-0.2, 0) is 9.59 Å². The molecular formula is C33H39N5O2. The summed E-state index contributed by atoms with van der Waals surface area (Å²) in [5.41, 5.74) is 9.07. The Balaban J connectivity index is 1.20. The number of anilines is 1. The number of hydrogen-bond acceptors (Lipinski definition) is 4. The van der Waals surface area contributed by atoms with Gasteiger partial charge in [-0.25, -0.2) is 0 Å². The third-order valence-electron chi connectivity index (χ3n) is 8.47. The fourth-order valence-corrected chi connectivity index (χ4v) is 6.37. The van der Waals surface area contributed by atoms with Crippen molar-refractivity contribution < 1.29 is 9.59 Å². The maximum absolute atomic E-state index is 13.6. The normalized spacial score (nSPS) is 17.1. The van der Waals surface area contributed by atoms with E-state index >= 15 is 0 Å². The van der Waals surface area contributed by atoms with E-state index in [0.717, 1.165) is 38.8 Å². The van der Waals surface area contributed by atoms with Crippen LogP contribution in [0, 0.1) is 10.8 Å². The minimum atomic E-state index is -0.283. The van der Waals surface area contributed by atoms with Crippen LogP contribution in [0.3, 0.4) is 0 Å². The molecule has 0 aromatic heterocycles. The number of amidine groups is 1. The Labute approximate surface area is 236 Å². The quantitative estimate of drug-likeness (QED) is 0.258. The molecule has 0 bridgehead atoms. The first-order valence-electron chi connectivity index (χ1n) is 14.3. The van der Waals surface area contributed by atoms with E-state index in [9.17, 15) is 9.59 Å². The fraction of sp³-hybridized carbons (Fsp3) is 0.364. The van der Waals surface area contributed by atoms with Gasteiger partial charge in [-0.2, -0.15) is 0 Å². The van der Waals surface area contributed by atoms with Crippen molar-refractivity contribution in [3.63, 3.8) is 0 Å². The van der Waals surface area contributed by atoms with Gasteiger partial charge in [0, 0.05) is 50.3 Å². The SMILES string of the molecule is N=C(N)c1ccc(NC(=O)CC2(CC(=O)N3CCN(C(c4ccccc4)c4ccccc4)CC3)CCCC2)cc1. The summed E-state index contributed by atoms with van der Waals surface area (Å²) in [4.78, 5) is 31.1. The molecule has 1 heterocycles. The van der Waals surface area contributed by atoms with E-state index < -0.39 is 0 Å². The smallest absolute Gasteiger partial charge is 0.224 e. The van der Waals surface area contributed by atoms with Gasteiger partial charge in [0.15, 0.2) is 0 Å². The Morgan fingerprint density at radius 1 is 0.800 bits per heavy atom. The number of amides is 2. The molecule has 1 aliphatic heterocycles. The second-order valence-corrected chi connectivity index (χ2v) is 11.2. The van der Waals surface area contributed by atoms with Gasteiger partial charge in [0.2, 0.25) is 11.8 Å². The first-order valence-corrected chi connectivity index (χ1v) is 14.3. The van der Waals surface area contributed by atoms with Gasteiger partial charge in [0.05, 0.1) is 6.04 Å². The Bertz CT molecular complexity index is 1260. The number of nitrogens with two attached hydrogens (primary N) is 1. The predicted octanol–water partition coefficient (Wildman–Crippen LogP) is 5.18. The maximum atomic E-state index is 13.6. The number of carbonyl (C=O) groups excluding carboxylic acids is 2. The molecule has 0 unspecified atom stereocenters. The molecule has 1 aliphatic carbocycles. The maximum Gasteiger partial charge on any atom is 0.224 e. The summed E-state index contributed by atoms with van der Waals surface area (Å²) in [5, 5.41) is 10.5. The number of benzene rings is 3. The Kier molecular flexibility index (Phi) is 8.60. The molecule has 5 rings (SSSR count). The molecule has 7 nitrogen and oxygen atoms in total. The average molecular weight is 538 g/mol. The van der Waals surface area contributed by atoms with Crippen molar-refractivity contribution in [2.45, 2.75) is 44.6 Å². The highest BCUT2D eigenvalue weighted by atomic mass is 16.2. The monoisotopic (exact) mass is 537 g/mol. The first kappa shape index (κ1) is 27.6. The summed E-state index contributed by atoms with van der Waals surface area (Å²) in [6.45, 7) is 3.01. The number of piperazine rings is 1. The number of carbonyl (C=O) groups is 2. The standard InChI is InChI=1S/C33H39N5O2/c34-32(35)27-13-15-28(16-14-27)36-29(39)23-33(17-7-8-18-33)24-30(40)37-19-21-38(22-20-37)31(25-9-3-1-4-10-25)26-11-5-2-6-12-26/h1-6,9-16,31H,7-8,17-24H2,(H3,34,35)(H,36,39). The molecule has 0 radical (unpaired) electrons. The molecule has 3 aromatic rings. The fourth-order valence-electron chi connectivity index (χ4n) is 6.37. The largest absolute Gasteiger partial charge is 0.384 e. The zero-order valence-corrected chi connectivity index (χ0v) is 23.0. The van der Waals surface area contributed by atoms with Crippen LogP contribution in [0.5, 0.6) is 0 Å². The van der Waals surface area contributed by atoms with Gasteiger partial charge in [-0.1, -0.05) is 73.5 Å². The molecule has 0 atom stereocenters. The third-order valence-corrected chi connectivity index (χ3v) is 8.47. The predicted molar refractivity (Wildman–Crippen MR) is 159 cm³/mol. The number of rotatable bonds is 9. The zero-order chi connectivity index (χ0) is 28.0. The molecular weight excluding hydrogens is 498 g/mol. The summed E-state index contributed by atoms with van der Waals surface area (Å²) in [6, 6.07) is 28.3. The molecule has 2 aliphatic rings. The summed E-state index contributed by atoms with van der Waals surface area (Å²) in [5.74, 6) is 0.0950. The Morgan fingerprint density at radius 2 is 1.35 bits per heavy atom. The lowest BCUT2D eigenvalue weighted by Crippen LogP contribution is -2.50. The molecule has 0 spiro atoms. The number of nitrogens with zero attached hydrogens (tertiary/aromatic N) is 2. The van der Waals surface area contributed by atoms with Gasteiger partial charge in [-0.05, 0) is 53.6 Å². The van der Waals surface area contributed by atoms with Crippen molar-refractivity contribution in [1.29, 1.82) is 5.41 Å². The van der Waals surface area contributed by atoms with Crippen molar-refractivity contribution in [2.24, 2.45) is 11.1 Å². The lowest BCUT2D eigenvalue weighted by atomic mass is 9.78. The molecule has 7 heteroatoms. The summed E-state index contributed by atoms with van der Waals surface area (Å²) in [7, 11) is 0. The second kappa shape index (κ2) is 12.5. The molecule has 4 N–H and O–H groups in total. The van der Waals surface area contributed by atoms with Gasteiger partial charge < -0.3 is 16.0 Å². The minimum absolute atomic E-state index is 0.00205. The Hall–Kier alpha value is -3.97. The van der Waals surface area contributed by atoms with Crippen molar-refractivity contribution >= 4 is 23.3 Å². The van der Waals surface area contributed by atoms with E-state index in [2.05, 4.69) is 58.7 Å². The average Bonchev–Trinajstić information content (AvgIpc) is 3.42. The van der Waals surface area contributed by atoms with E-state index in [-0.39, 0.29) is 29.1 Å². The highest BCUT2D eigenvalue weighted by molar-refractivity contribution is 5.96. The van der Waals surface area contributed by atoms with Crippen LogP contribution >= 0.6 is 0 Å². The highest BCUT2D eigenvalue weighted by Crippen LogP contribution is 2.45. The second-order valence-electron chi connectivity index (χ2n) is 11.2. The molecule has 208 valence electrons. The van der Waals surface area contributed by atoms with Crippen LogP contribution < -0.4 is 11.1 Å². The highest BCUT2D eigenvalue weighted by Gasteiger charge is 2.39. The zero-order valence-electron chi connectivity index (χ0n) is 23.0. The number of nitrogens with one attached hydrogen (secondary N) is 2. The van der Waals surface area contributed by atoms with Crippen LogP contribution in [-0.4, -0.2) is 53.6 Å². The summed E-state index contributed by atoms with van der Waals surface area (Å²) < 4.78 is 0.